The van der Waals surface area contributed by atoms with E-state index in [0.717, 1.165) is 48.9 Å². The van der Waals surface area contributed by atoms with Gasteiger partial charge in [0.15, 0.2) is 23.0 Å². The lowest BCUT2D eigenvalue weighted by Gasteiger charge is -2.42. The summed E-state index contributed by atoms with van der Waals surface area (Å²) >= 11 is 0. The van der Waals surface area contributed by atoms with Crippen molar-refractivity contribution in [2.45, 2.75) is 32.4 Å². The zero-order valence-electron chi connectivity index (χ0n) is 16.5. The Kier molecular flexibility index (Phi) is 4.87. The standard InChI is InChI=1S/C22H27NO4/c1-5-27-22-17-13-23-9-8-15-11-20(25-3)21(26-4)12-16(15)18(23)10-14(17)6-7-19(22)24-2/h6-7,11-12,18H,5,8-10,13H2,1-4H3/t18-/m0/s1. The van der Waals surface area contributed by atoms with Crippen molar-refractivity contribution in [2.24, 2.45) is 0 Å². The molecule has 0 bridgehead atoms. The highest BCUT2D eigenvalue weighted by Gasteiger charge is 2.35. The first-order valence-corrected chi connectivity index (χ1v) is 9.50. The van der Waals surface area contributed by atoms with Gasteiger partial charge in [-0.2, -0.15) is 0 Å². The minimum Gasteiger partial charge on any atom is -0.493 e. The summed E-state index contributed by atoms with van der Waals surface area (Å²) in [4.78, 5) is 2.54. The summed E-state index contributed by atoms with van der Waals surface area (Å²) < 4.78 is 22.5. The normalized spacial score (nSPS) is 18.1. The van der Waals surface area contributed by atoms with Gasteiger partial charge in [-0.05, 0) is 54.7 Å². The molecule has 0 unspecified atom stereocenters. The van der Waals surface area contributed by atoms with Gasteiger partial charge in [0, 0.05) is 24.7 Å². The molecule has 2 aromatic rings. The molecule has 0 saturated carbocycles. The SMILES string of the molecule is CCOc1c(OC)ccc2c1CN1CCc3cc(OC)c(OC)cc3[C@@H]1C2. The summed E-state index contributed by atoms with van der Waals surface area (Å²) in [6.45, 7) is 4.55. The first kappa shape index (κ1) is 18.0. The number of benzene rings is 2. The molecule has 0 N–H and O–H groups in total. The van der Waals surface area contributed by atoms with Crippen LogP contribution in [0, 0.1) is 0 Å². The maximum Gasteiger partial charge on any atom is 0.165 e. The zero-order chi connectivity index (χ0) is 19.0. The van der Waals surface area contributed by atoms with Crippen molar-refractivity contribution >= 4 is 0 Å². The average molecular weight is 369 g/mol. The van der Waals surface area contributed by atoms with Crippen molar-refractivity contribution in [3.05, 3.63) is 46.5 Å². The summed E-state index contributed by atoms with van der Waals surface area (Å²) in [6.07, 6.45) is 1.97. The molecule has 0 saturated heterocycles. The molecule has 27 heavy (non-hydrogen) atoms. The van der Waals surface area contributed by atoms with Crippen LogP contribution in [0.5, 0.6) is 23.0 Å². The van der Waals surface area contributed by atoms with E-state index in [2.05, 4.69) is 23.1 Å². The number of ether oxygens (including phenoxy) is 4. The van der Waals surface area contributed by atoms with E-state index in [1.54, 1.807) is 21.3 Å². The first-order valence-electron chi connectivity index (χ1n) is 9.50. The van der Waals surface area contributed by atoms with Crippen LogP contribution in [0.1, 0.15) is 35.2 Å². The van der Waals surface area contributed by atoms with E-state index in [9.17, 15) is 0 Å². The topological polar surface area (TPSA) is 40.2 Å². The molecule has 2 aliphatic rings. The largest absolute Gasteiger partial charge is 0.493 e. The van der Waals surface area contributed by atoms with E-state index in [-0.39, 0.29) is 0 Å². The van der Waals surface area contributed by atoms with Crippen LogP contribution < -0.4 is 18.9 Å². The maximum atomic E-state index is 5.95. The molecule has 5 heteroatoms. The number of nitrogens with zero attached hydrogens (tertiary/aromatic N) is 1. The smallest absolute Gasteiger partial charge is 0.165 e. The number of fused-ring (bicyclic) bond motifs is 4. The summed E-state index contributed by atoms with van der Waals surface area (Å²) in [5.74, 6) is 3.32. The lowest BCUT2D eigenvalue weighted by atomic mass is 9.83. The van der Waals surface area contributed by atoms with Gasteiger partial charge in [0.05, 0.1) is 27.9 Å². The monoisotopic (exact) mass is 369 g/mol. The average Bonchev–Trinajstić information content (AvgIpc) is 2.71. The number of hydrogen-bond acceptors (Lipinski definition) is 5. The summed E-state index contributed by atoms with van der Waals surface area (Å²) in [6, 6.07) is 8.86. The van der Waals surface area contributed by atoms with Crippen molar-refractivity contribution in [3.8, 4) is 23.0 Å². The van der Waals surface area contributed by atoms with Crippen molar-refractivity contribution in [1.29, 1.82) is 0 Å². The molecule has 1 atom stereocenters. The molecule has 0 radical (unpaired) electrons. The molecule has 5 nitrogen and oxygen atoms in total. The van der Waals surface area contributed by atoms with Crippen LogP contribution >= 0.6 is 0 Å². The Bertz CT molecular complexity index is 849. The van der Waals surface area contributed by atoms with Crippen LogP contribution in [0.2, 0.25) is 0 Å². The van der Waals surface area contributed by atoms with Crippen molar-refractivity contribution in [2.75, 3.05) is 34.5 Å². The third kappa shape index (κ3) is 3.00. The molecule has 0 amide bonds. The summed E-state index contributed by atoms with van der Waals surface area (Å²) in [5, 5.41) is 0. The molecule has 2 heterocycles. The third-order valence-corrected chi connectivity index (χ3v) is 5.72. The van der Waals surface area contributed by atoms with E-state index in [1.807, 2.05) is 13.0 Å². The molecule has 4 rings (SSSR count). The Morgan fingerprint density at radius 2 is 1.70 bits per heavy atom. The second-order valence-corrected chi connectivity index (χ2v) is 7.01. The first-order chi connectivity index (χ1) is 13.2. The Hall–Kier alpha value is -2.40. The molecule has 2 aliphatic heterocycles. The van der Waals surface area contributed by atoms with Crippen LogP contribution in [0.15, 0.2) is 24.3 Å². The summed E-state index contributed by atoms with van der Waals surface area (Å²) in [5.41, 5.74) is 5.30. The highest BCUT2D eigenvalue weighted by Crippen LogP contribution is 2.45. The van der Waals surface area contributed by atoms with E-state index < -0.39 is 0 Å². The lowest BCUT2D eigenvalue weighted by molar-refractivity contribution is 0.156. The predicted molar refractivity (Wildman–Crippen MR) is 104 cm³/mol. The second kappa shape index (κ2) is 7.31. The van der Waals surface area contributed by atoms with Crippen LogP contribution in [-0.2, 0) is 19.4 Å². The summed E-state index contributed by atoms with van der Waals surface area (Å²) in [7, 11) is 5.09. The zero-order valence-corrected chi connectivity index (χ0v) is 16.5. The Morgan fingerprint density at radius 1 is 0.963 bits per heavy atom. The maximum absolute atomic E-state index is 5.95. The Morgan fingerprint density at radius 3 is 2.41 bits per heavy atom. The van der Waals surface area contributed by atoms with Crippen molar-refractivity contribution < 1.29 is 18.9 Å². The number of methoxy groups -OCH3 is 3. The lowest BCUT2D eigenvalue weighted by Crippen LogP contribution is -2.39. The van der Waals surface area contributed by atoms with Gasteiger partial charge in [-0.1, -0.05) is 6.07 Å². The predicted octanol–water partition coefficient (Wildman–Crippen LogP) is 3.77. The number of hydrogen-bond donors (Lipinski definition) is 0. The minimum absolute atomic E-state index is 0.351. The van der Waals surface area contributed by atoms with Gasteiger partial charge < -0.3 is 18.9 Å². The number of rotatable bonds is 5. The Labute approximate surface area is 160 Å². The van der Waals surface area contributed by atoms with Gasteiger partial charge >= 0.3 is 0 Å². The fraction of sp³-hybridized carbons (Fsp3) is 0.455. The highest BCUT2D eigenvalue weighted by molar-refractivity contribution is 5.54. The molecule has 0 spiro atoms. The van der Waals surface area contributed by atoms with E-state index >= 15 is 0 Å². The van der Waals surface area contributed by atoms with Gasteiger partial charge in [-0.25, -0.2) is 0 Å². The Balaban J connectivity index is 1.75. The van der Waals surface area contributed by atoms with Crippen LogP contribution in [0.25, 0.3) is 0 Å². The van der Waals surface area contributed by atoms with Crippen LogP contribution in [-0.4, -0.2) is 39.4 Å². The van der Waals surface area contributed by atoms with Gasteiger partial charge in [0.2, 0.25) is 0 Å². The fourth-order valence-electron chi connectivity index (χ4n) is 4.39. The van der Waals surface area contributed by atoms with E-state index in [4.69, 9.17) is 18.9 Å². The molecular formula is C22H27NO4. The van der Waals surface area contributed by atoms with E-state index in [1.165, 1.54) is 22.3 Å². The van der Waals surface area contributed by atoms with Crippen molar-refractivity contribution in [3.63, 3.8) is 0 Å². The highest BCUT2D eigenvalue weighted by atomic mass is 16.5. The van der Waals surface area contributed by atoms with Crippen molar-refractivity contribution in [1.82, 2.24) is 4.90 Å². The molecule has 144 valence electrons. The van der Waals surface area contributed by atoms with E-state index in [0.29, 0.717) is 12.6 Å². The minimum atomic E-state index is 0.351. The van der Waals surface area contributed by atoms with Crippen LogP contribution in [0.4, 0.5) is 0 Å². The van der Waals surface area contributed by atoms with Gasteiger partial charge in [0.1, 0.15) is 0 Å². The fourth-order valence-corrected chi connectivity index (χ4v) is 4.39. The molecule has 0 aliphatic carbocycles. The van der Waals surface area contributed by atoms with Gasteiger partial charge in [0.25, 0.3) is 0 Å². The van der Waals surface area contributed by atoms with Gasteiger partial charge in [-0.3, -0.25) is 4.90 Å². The molecule has 2 aromatic carbocycles. The van der Waals surface area contributed by atoms with Gasteiger partial charge in [-0.15, -0.1) is 0 Å². The van der Waals surface area contributed by atoms with Crippen LogP contribution in [0.3, 0.4) is 0 Å². The molecular weight excluding hydrogens is 342 g/mol. The second-order valence-electron chi connectivity index (χ2n) is 7.01. The molecule has 0 fully saturated rings. The third-order valence-electron chi connectivity index (χ3n) is 5.72. The quantitative estimate of drug-likeness (QED) is 0.802. The molecule has 0 aromatic heterocycles.